The number of halogens is 1. The quantitative estimate of drug-likeness (QED) is 0.631. The average molecular weight is 460 g/mol. The maximum atomic E-state index is 9.25. The van der Waals surface area contributed by atoms with Gasteiger partial charge in [0.1, 0.15) is 5.69 Å². The number of anilines is 2. The Hall–Kier alpha value is -2.04. The van der Waals surface area contributed by atoms with E-state index in [1.54, 1.807) is 0 Å². The standard InChI is InChI=1S/C21H24N4.HI/c1-4-24-19-12-11-17(16-22)15-20(19)25(5-2)21(24,3)13-14-23-18-9-7-6-8-10-18;/h6-15,23H,4-5H2,1-3H3;1H. The number of likely N-dealkylation sites (N-methyl/N-ethyl adjacent to an activating group) is 2. The van der Waals surface area contributed by atoms with Crippen LogP contribution in [-0.4, -0.2) is 18.8 Å². The highest BCUT2D eigenvalue weighted by Crippen LogP contribution is 2.35. The van der Waals surface area contributed by atoms with Gasteiger partial charge in [-0.25, -0.2) is 0 Å². The number of hydrogen-bond acceptors (Lipinski definition) is 3. The zero-order valence-corrected chi connectivity index (χ0v) is 17.6. The minimum Gasteiger partial charge on any atom is -1.00 e. The molecule has 136 valence electrons. The molecule has 2 aromatic rings. The predicted octanol–water partition coefficient (Wildman–Crippen LogP) is 0.280. The Balaban J connectivity index is 0.00000243. The van der Waals surface area contributed by atoms with E-state index >= 15 is 0 Å². The van der Waals surface area contributed by atoms with E-state index in [0.717, 1.165) is 24.5 Å². The molecule has 1 heterocycles. The molecule has 1 aliphatic heterocycles. The fourth-order valence-electron chi connectivity index (χ4n) is 3.84. The van der Waals surface area contributed by atoms with Gasteiger partial charge in [-0.1, -0.05) is 18.2 Å². The van der Waals surface area contributed by atoms with E-state index in [1.807, 2.05) is 36.5 Å². The molecule has 2 atom stereocenters. The number of para-hydroxylation sites is 1. The van der Waals surface area contributed by atoms with Crippen molar-refractivity contribution in [2.24, 2.45) is 0 Å². The molecule has 0 bridgehead atoms. The van der Waals surface area contributed by atoms with Crippen molar-refractivity contribution in [3.05, 3.63) is 66.4 Å². The highest BCUT2D eigenvalue weighted by atomic mass is 127. The van der Waals surface area contributed by atoms with Crippen molar-refractivity contribution in [3.8, 4) is 6.07 Å². The Bertz CT molecular complexity index is 813. The van der Waals surface area contributed by atoms with Crippen LogP contribution in [0.2, 0.25) is 0 Å². The summed E-state index contributed by atoms with van der Waals surface area (Å²) in [5, 5.41) is 12.6. The van der Waals surface area contributed by atoms with Crippen molar-refractivity contribution >= 4 is 17.1 Å². The van der Waals surface area contributed by atoms with Crippen LogP contribution in [0.4, 0.5) is 17.1 Å². The van der Waals surface area contributed by atoms with Gasteiger partial charge in [-0.2, -0.15) is 5.26 Å². The van der Waals surface area contributed by atoms with Crippen LogP contribution in [0.3, 0.4) is 0 Å². The van der Waals surface area contributed by atoms with E-state index in [9.17, 15) is 5.26 Å². The summed E-state index contributed by atoms with van der Waals surface area (Å²) in [6, 6.07) is 18.4. The fraction of sp³-hybridized carbons (Fsp3) is 0.286. The zero-order chi connectivity index (χ0) is 17.9. The molecular weight excluding hydrogens is 435 g/mol. The van der Waals surface area contributed by atoms with Gasteiger partial charge in [-0.05, 0) is 38.1 Å². The zero-order valence-electron chi connectivity index (χ0n) is 15.5. The van der Waals surface area contributed by atoms with Crippen LogP contribution in [-0.2, 0) is 0 Å². The third kappa shape index (κ3) is 3.57. The van der Waals surface area contributed by atoms with Gasteiger partial charge in [0.15, 0.2) is 11.4 Å². The highest BCUT2D eigenvalue weighted by molar-refractivity contribution is 5.70. The summed E-state index contributed by atoms with van der Waals surface area (Å²) in [7, 11) is 0. The van der Waals surface area contributed by atoms with Gasteiger partial charge < -0.3 is 34.2 Å². The molecule has 2 aromatic carbocycles. The third-order valence-corrected chi connectivity index (χ3v) is 5.02. The van der Waals surface area contributed by atoms with Gasteiger partial charge in [0.2, 0.25) is 0 Å². The number of fused-ring (bicyclic) bond motifs is 1. The van der Waals surface area contributed by atoms with E-state index in [0.29, 0.717) is 5.56 Å². The lowest BCUT2D eigenvalue weighted by Gasteiger charge is -2.35. The van der Waals surface area contributed by atoms with E-state index in [4.69, 9.17) is 0 Å². The van der Waals surface area contributed by atoms with Gasteiger partial charge in [0.05, 0.1) is 18.2 Å². The van der Waals surface area contributed by atoms with Crippen LogP contribution >= 0.6 is 0 Å². The second kappa shape index (κ2) is 8.56. The molecular formula is C21H25IN4. The molecule has 3 rings (SSSR count). The fourth-order valence-corrected chi connectivity index (χ4v) is 3.84. The van der Waals surface area contributed by atoms with Crippen LogP contribution < -0.4 is 39.1 Å². The van der Waals surface area contributed by atoms with E-state index in [2.05, 4.69) is 61.3 Å². The van der Waals surface area contributed by atoms with Crippen LogP contribution in [0.25, 0.3) is 0 Å². The van der Waals surface area contributed by atoms with Crippen molar-refractivity contribution in [1.82, 2.24) is 0 Å². The number of hydrogen-bond donors (Lipinski definition) is 2. The Labute approximate surface area is 173 Å². The van der Waals surface area contributed by atoms with Gasteiger partial charge in [0.25, 0.3) is 0 Å². The summed E-state index contributed by atoms with van der Waals surface area (Å²) in [6.07, 6.45) is 4.26. The molecule has 0 spiro atoms. The SMILES string of the molecule is CCN1c2cc(C#N)ccc2[NH+](CC)C1(C)C=CNc1ccccc1.[I-]. The molecule has 0 aliphatic carbocycles. The van der Waals surface area contributed by atoms with Crippen LogP contribution in [0.5, 0.6) is 0 Å². The topological polar surface area (TPSA) is 43.5 Å². The normalized spacial score (nSPS) is 21.2. The van der Waals surface area contributed by atoms with Gasteiger partial charge in [-0.3, -0.25) is 4.90 Å². The largest absolute Gasteiger partial charge is 1.00 e. The summed E-state index contributed by atoms with van der Waals surface area (Å²) >= 11 is 0. The third-order valence-electron chi connectivity index (χ3n) is 5.02. The first-order chi connectivity index (χ1) is 12.1. The molecule has 0 radical (unpaired) electrons. The number of nitrogens with zero attached hydrogens (tertiary/aromatic N) is 2. The van der Waals surface area contributed by atoms with Gasteiger partial charge >= 0.3 is 0 Å². The highest BCUT2D eigenvalue weighted by Gasteiger charge is 2.48. The second-order valence-corrected chi connectivity index (χ2v) is 6.41. The first kappa shape index (κ1) is 20.3. The number of rotatable bonds is 5. The number of quaternary nitrogens is 1. The van der Waals surface area contributed by atoms with E-state index in [-0.39, 0.29) is 29.6 Å². The molecule has 1 aliphatic rings. The monoisotopic (exact) mass is 460 g/mol. The first-order valence-electron chi connectivity index (χ1n) is 8.81. The molecule has 0 aromatic heterocycles. The number of benzene rings is 2. The molecule has 4 nitrogen and oxygen atoms in total. The maximum absolute atomic E-state index is 9.25. The van der Waals surface area contributed by atoms with Crippen molar-refractivity contribution in [1.29, 1.82) is 5.26 Å². The number of nitriles is 1. The van der Waals surface area contributed by atoms with Crippen molar-refractivity contribution in [3.63, 3.8) is 0 Å². The Morgan fingerprint density at radius 3 is 2.54 bits per heavy atom. The molecule has 2 N–H and O–H groups in total. The summed E-state index contributed by atoms with van der Waals surface area (Å²) in [4.78, 5) is 3.77. The lowest BCUT2D eigenvalue weighted by Crippen LogP contribution is -3.15. The summed E-state index contributed by atoms with van der Waals surface area (Å²) in [6.45, 7) is 8.48. The molecule has 26 heavy (non-hydrogen) atoms. The Morgan fingerprint density at radius 2 is 1.92 bits per heavy atom. The molecule has 0 fully saturated rings. The smallest absolute Gasteiger partial charge is 0.196 e. The predicted molar refractivity (Wildman–Crippen MR) is 103 cm³/mol. The van der Waals surface area contributed by atoms with Crippen LogP contribution in [0.1, 0.15) is 26.3 Å². The summed E-state index contributed by atoms with van der Waals surface area (Å²) in [5.41, 5.74) is 4.01. The van der Waals surface area contributed by atoms with Crippen molar-refractivity contribution < 1.29 is 28.9 Å². The number of nitrogens with one attached hydrogen (secondary N) is 2. The Kier molecular flexibility index (Phi) is 6.68. The molecule has 0 amide bonds. The van der Waals surface area contributed by atoms with E-state index < -0.39 is 0 Å². The van der Waals surface area contributed by atoms with Crippen molar-refractivity contribution in [2.75, 3.05) is 23.3 Å². The minimum atomic E-state index is -0.193. The summed E-state index contributed by atoms with van der Waals surface area (Å²) < 4.78 is 0. The summed E-state index contributed by atoms with van der Waals surface area (Å²) in [5.74, 6) is 0. The first-order valence-corrected chi connectivity index (χ1v) is 8.81. The van der Waals surface area contributed by atoms with Gasteiger partial charge in [-0.15, -0.1) is 0 Å². The molecule has 0 saturated carbocycles. The lowest BCUT2D eigenvalue weighted by molar-refractivity contribution is -0.870. The van der Waals surface area contributed by atoms with Crippen LogP contribution in [0, 0.1) is 11.3 Å². The molecule has 5 heteroatoms. The van der Waals surface area contributed by atoms with E-state index in [1.165, 1.54) is 10.6 Å². The maximum Gasteiger partial charge on any atom is 0.196 e. The molecule has 2 unspecified atom stereocenters. The van der Waals surface area contributed by atoms with Gasteiger partial charge in [0, 0.05) is 37.5 Å². The van der Waals surface area contributed by atoms with Crippen molar-refractivity contribution in [2.45, 2.75) is 26.4 Å². The second-order valence-electron chi connectivity index (χ2n) is 6.41. The lowest BCUT2D eigenvalue weighted by atomic mass is 10.1. The van der Waals surface area contributed by atoms with Crippen LogP contribution in [0.15, 0.2) is 60.8 Å². The Morgan fingerprint density at radius 1 is 1.19 bits per heavy atom. The molecule has 0 saturated heterocycles. The minimum absolute atomic E-state index is 0. The average Bonchev–Trinajstić information content (AvgIpc) is 2.88.